The van der Waals surface area contributed by atoms with E-state index in [1.165, 1.54) is 0 Å². The second kappa shape index (κ2) is 5.21. The summed E-state index contributed by atoms with van der Waals surface area (Å²) in [5.41, 5.74) is 6.85. The van der Waals surface area contributed by atoms with Gasteiger partial charge in [0, 0.05) is 13.6 Å². The van der Waals surface area contributed by atoms with Gasteiger partial charge in [0.1, 0.15) is 11.4 Å². The van der Waals surface area contributed by atoms with Crippen LogP contribution in [0.5, 0.6) is 0 Å². The molecule has 2 rings (SSSR count). The zero-order chi connectivity index (χ0) is 14.0. The van der Waals surface area contributed by atoms with Crippen molar-refractivity contribution >= 4 is 11.7 Å². The molecule has 1 fully saturated rings. The molecule has 1 saturated heterocycles. The summed E-state index contributed by atoms with van der Waals surface area (Å²) in [6.45, 7) is 7.00. The Morgan fingerprint density at radius 1 is 1.53 bits per heavy atom. The summed E-state index contributed by atoms with van der Waals surface area (Å²) in [5.74, 6) is 0.299. The van der Waals surface area contributed by atoms with Crippen molar-refractivity contribution in [1.82, 2.24) is 15.1 Å². The highest BCUT2D eigenvalue weighted by molar-refractivity contribution is 5.98. The molecular weight excluding hydrogens is 242 g/mol. The lowest BCUT2D eigenvalue weighted by Crippen LogP contribution is -2.39. The maximum absolute atomic E-state index is 11.5. The lowest BCUT2D eigenvalue weighted by atomic mass is 9.81. The minimum atomic E-state index is -0.427. The molecule has 6 heteroatoms. The Bertz CT molecular complexity index is 474. The molecule has 1 amide bonds. The molecule has 1 aromatic rings. The van der Waals surface area contributed by atoms with E-state index in [2.05, 4.69) is 22.7 Å². The second-order valence-corrected chi connectivity index (χ2v) is 5.71. The van der Waals surface area contributed by atoms with Gasteiger partial charge in [-0.25, -0.2) is 0 Å². The monoisotopic (exact) mass is 265 g/mol. The average Bonchev–Trinajstić information content (AvgIpc) is 2.62. The molecule has 0 aliphatic carbocycles. The number of hydrogen-bond donors (Lipinski definition) is 3. The third-order valence-electron chi connectivity index (χ3n) is 3.96. The fraction of sp³-hybridized carbons (Fsp3) is 0.692. The molecule has 0 aromatic carbocycles. The van der Waals surface area contributed by atoms with Crippen LogP contribution in [-0.4, -0.2) is 35.3 Å². The Balaban J connectivity index is 2.13. The fourth-order valence-corrected chi connectivity index (χ4v) is 2.66. The average molecular weight is 265 g/mol. The molecule has 19 heavy (non-hydrogen) atoms. The van der Waals surface area contributed by atoms with Gasteiger partial charge in [-0.1, -0.05) is 6.92 Å². The number of piperidine rings is 1. The summed E-state index contributed by atoms with van der Waals surface area (Å²) in [6, 6.07) is 0. The topological polar surface area (TPSA) is 85.0 Å². The van der Waals surface area contributed by atoms with Gasteiger partial charge in [0.25, 0.3) is 5.91 Å². The summed E-state index contributed by atoms with van der Waals surface area (Å²) < 4.78 is 1.69. The summed E-state index contributed by atoms with van der Waals surface area (Å²) in [4.78, 5) is 11.5. The van der Waals surface area contributed by atoms with E-state index in [4.69, 9.17) is 5.73 Å². The van der Waals surface area contributed by atoms with E-state index in [1.54, 1.807) is 11.6 Å². The van der Waals surface area contributed by atoms with Crippen molar-refractivity contribution in [3.63, 3.8) is 0 Å². The van der Waals surface area contributed by atoms with Gasteiger partial charge in [-0.15, -0.1) is 0 Å². The molecular formula is C13H23N5O. The number of nitrogens with one attached hydrogen (secondary N) is 2. The molecule has 6 nitrogen and oxygen atoms in total. The molecule has 1 aliphatic heterocycles. The third kappa shape index (κ3) is 2.89. The van der Waals surface area contributed by atoms with Gasteiger partial charge in [0.05, 0.1) is 5.69 Å². The zero-order valence-corrected chi connectivity index (χ0v) is 11.9. The van der Waals surface area contributed by atoms with Crippen molar-refractivity contribution in [3.8, 4) is 0 Å². The van der Waals surface area contributed by atoms with Crippen LogP contribution >= 0.6 is 0 Å². The van der Waals surface area contributed by atoms with Gasteiger partial charge in [-0.05, 0) is 38.3 Å². The Labute approximate surface area is 113 Å². The highest BCUT2D eigenvalue weighted by Gasteiger charge is 2.28. The number of carbonyl (C=O) groups is 1. The molecule has 106 valence electrons. The standard InChI is InChI=1S/C13H23N5O/c1-9-10(11(14)19)12(18(3)17-9)16-8-13(2)4-6-15-7-5-13/h15-16H,4-8H2,1-3H3,(H2,14,19). The molecule has 0 unspecified atom stereocenters. The van der Waals surface area contributed by atoms with Crippen molar-refractivity contribution in [1.29, 1.82) is 0 Å². The number of aryl methyl sites for hydroxylation is 2. The van der Waals surface area contributed by atoms with Gasteiger partial charge in [0.2, 0.25) is 0 Å². The normalized spacial score (nSPS) is 18.3. The number of nitrogens with zero attached hydrogens (tertiary/aromatic N) is 2. The highest BCUT2D eigenvalue weighted by atomic mass is 16.1. The van der Waals surface area contributed by atoms with Crippen molar-refractivity contribution < 1.29 is 4.79 Å². The van der Waals surface area contributed by atoms with Crippen molar-refractivity contribution in [2.24, 2.45) is 18.2 Å². The number of anilines is 1. The first-order valence-corrected chi connectivity index (χ1v) is 6.71. The van der Waals surface area contributed by atoms with Crippen LogP contribution in [0.25, 0.3) is 0 Å². The summed E-state index contributed by atoms with van der Waals surface area (Å²) in [5, 5.41) is 11.0. The van der Waals surface area contributed by atoms with Gasteiger partial charge >= 0.3 is 0 Å². The van der Waals surface area contributed by atoms with Gasteiger partial charge < -0.3 is 16.4 Å². The van der Waals surface area contributed by atoms with E-state index in [0.717, 1.165) is 38.3 Å². The first-order valence-electron chi connectivity index (χ1n) is 6.71. The highest BCUT2D eigenvalue weighted by Crippen LogP contribution is 2.29. The van der Waals surface area contributed by atoms with Crippen LogP contribution in [0.3, 0.4) is 0 Å². The summed E-state index contributed by atoms with van der Waals surface area (Å²) in [6.07, 6.45) is 2.26. The fourth-order valence-electron chi connectivity index (χ4n) is 2.66. The number of nitrogens with two attached hydrogens (primary N) is 1. The third-order valence-corrected chi connectivity index (χ3v) is 3.96. The van der Waals surface area contributed by atoms with Crippen LogP contribution in [0.2, 0.25) is 0 Å². The Morgan fingerprint density at radius 3 is 2.74 bits per heavy atom. The molecule has 1 aromatic heterocycles. The Morgan fingerprint density at radius 2 is 2.16 bits per heavy atom. The van der Waals surface area contributed by atoms with Crippen molar-refractivity contribution in [3.05, 3.63) is 11.3 Å². The van der Waals surface area contributed by atoms with E-state index in [-0.39, 0.29) is 5.41 Å². The van der Waals surface area contributed by atoms with Crippen LogP contribution in [-0.2, 0) is 7.05 Å². The molecule has 1 aliphatic rings. The van der Waals surface area contributed by atoms with Crippen LogP contribution < -0.4 is 16.4 Å². The maximum Gasteiger partial charge on any atom is 0.254 e. The van der Waals surface area contributed by atoms with Crippen LogP contribution in [0.15, 0.2) is 0 Å². The SMILES string of the molecule is Cc1nn(C)c(NCC2(C)CCNCC2)c1C(N)=O. The Hall–Kier alpha value is -1.56. The van der Waals surface area contributed by atoms with E-state index in [9.17, 15) is 4.79 Å². The lowest BCUT2D eigenvalue weighted by Gasteiger charge is -2.34. The molecule has 2 heterocycles. The number of amides is 1. The predicted molar refractivity (Wildman–Crippen MR) is 75.2 cm³/mol. The molecule has 0 bridgehead atoms. The first-order chi connectivity index (χ1) is 8.93. The maximum atomic E-state index is 11.5. The smallest absolute Gasteiger partial charge is 0.254 e. The van der Waals surface area contributed by atoms with Crippen LogP contribution in [0.1, 0.15) is 35.8 Å². The van der Waals surface area contributed by atoms with Gasteiger partial charge in [0.15, 0.2) is 0 Å². The predicted octanol–water partition coefficient (Wildman–Crippen LogP) is 0.629. The van der Waals surface area contributed by atoms with Crippen molar-refractivity contribution in [2.45, 2.75) is 26.7 Å². The number of hydrogen-bond acceptors (Lipinski definition) is 4. The molecule has 0 atom stereocenters. The van der Waals surface area contributed by atoms with Crippen LogP contribution in [0.4, 0.5) is 5.82 Å². The molecule has 4 N–H and O–H groups in total. The van der Waals surface area contributed by atoms with E-state index >= 15 is 0 Å². The largest absolute Gasteiger partial charge is 0.369 e. The second-order valence-electron chi connectivity index (χ2n) is 5.71. The minimum absolute atomic E-state index is 0.248. The summed E-state index contributed by atoms with van der Waals surface area (Å²) in [7, 11) is 1.83. The van der Waals surface area contributed by atoms with E-state index < -0.39 is 5.91 Å². The van der Waals surface area contributed by atoms with E-state index in [0.29, 0.717) is 11.3 Å². The summed E-state index contributed by atoms with van der Waals surface area (Å²) >= 11 is 0. The number of primary amides is 1. The van der Waals surface area contributed by atoms with Gasteiger partial charge in [-0.2, -0.15) is 5.10 Å². The van der Waals surface area contributed by atoms with Crippen LogP contribution in [0, 0.1) is 12.3 Å². The number of carbonyl (C=O) groups excluding carboxylic acids is 1. The number of rotatable bonds is 4. The quantitative estimate of drug-likeness (QED) is 0.745. The minimum Gasteiger partial charge on any atom is -0.369 e. The Kier molecular flexibility index (Phi) is 3.80. The van der Waals surface area contributed by atoms with Crippen molar-refractivity contribution in [2.75, 3.05) is 25.0 Å². The molecule has 0 saturated carbocycles. The first kappa shape index (κ1) is 13.9. The van der Waals surface area contributed by atoms with E-state index in [1.807, 2.05) is 7.05 Å². The lowest BCUT2D eigenvalue weighted by molar-refractivity contribution is 0.100. The molecule has 0 radical (unpaired) electrons. The number of aromatic nitrogens is 2. The molecule has 0 spiro atoms. The van der Waals surface area contributed by atoms with Gasteiger partial charge in [-0.3, -0.25) is 9.48 Å². The zero-order valence-electron chi connectivity index (χ0n) is 11.9.